The second kappa shape index (κ2) is 11.4. The van der Waals surface area contributed by atoms with Crippen LogP contribution < -0.4 is 15.4 Å². The monoisotopic (exact) mass is 615 g/mol. The van der Waals surface area contributed by atoms with Gasteiger partial charge >= 0.3 is 6.09 Å². The van der Waals surface area contributed by atoms with Crippen LogP contribution in [0, 0.1) is 11.3 Å². The van der Waals surface area contributed by atoms with Crippen LogP contribution in [0.15, 0.2) is 41.7 Å². The van der Waals surface area contributed by atoms with E-state index in [4.69, 9.17) is 9.72 Å². The number of carbonyl (C=O) groups is 1. The molecule has 1 spiro atoms. The van der Waals surface area contributed by atoms with E-state index in [0.29, 0.717) is 29.3 Å². The molecular formula is C33H45N9O3. The Balaban J connectivity index is 1.03. The molecular weight excluding hydrogens is 570 g/mol. The number of aromatic nitrogens is 6. The smallest absolute Gasteiger partial charge is 0.410 e. The standard InChI is InChI=1S/C33H45N9O3/c1-23(42-21-28(36-37-42)27-17-34-18-29(35-27)39-15-12-33(22-39)10-11-33)40-14-9-25(16-30(40)43)38-13-5-6-26(20-38)41(19-24-7-8-24)31(44)45-32(2,3)4/h9,14,16-18,21,23-24,26H,5-8,10-13,15,19-20,22H2,1-4H3/t23?,26-/m1/s1. The summed E-state index contributed by atoms with van der Waals surface area (Å²) in [6.07, 6.45) is 14.6. The quantitative estimate of drug-likeness (QED) is 0.360. The van der Waals surface area contributed by atoms with Crippen molar-refractivity contribution in [1.29, 1.82) is 0 Å². The number of rotatable bonds is 8. The number of piperidine rings is 1. The molecule has 45 heavy (non-hydrogen) atoms. The lowest BCUT2D eigenvalue weighted by Crippen LogP contribution is -2.52. The van der Waals surface area contributed by atoms with Crippen LogP contribution in [0.2, 0.25) is 0 Å². The van der Waals surface area contributed by atoms with Crippen LogP contribution in [0.5, 0.6) is 0 Å². The molecule has 2 aliphatic heterocycles. The maximum Gasteiger partial charge on any atom is 0.410 e. The minimum absolute atomic E-state index is 0.0472. The molecule has 240 valence electrons. The molecule has 2 aliphatic carbocycles. The Bertz CT molecular complexity index is 1600. The summed E-state index contributed by atoms with van der Waals surface area (Å²) < 4.78 is 9.13. The summed E-state index contributed by atoms with van der Waals surface area (Å²) in [4.78, 5) is 42.4. The van der Waals surface area contributed by atoms with Crippen LogP contribution in [0.1, 0.15) is 78.8 Å². The maximum atomic E-state index is 13.4. The van der Waals surface area contributed by atoms with E-state index in [1.54, 1.807) is 21.5 Å². The lowest BCUT2D eigenvalue weighted by atomic mass is 10.0. The van der Waals surface area contributed by atoms with Gasteiger partial charge in [-0.15, -0.1) is 5.10 Å². The Kier molecular flexibility index (Phi) is 7.56. The Morgan fingerprint density at radius 2 is 1.93 bits per heavy atom. The predicted molar refractivity (Wildman–Crippen MR) is 171 cm³/mol. The molecule has 2 atom stereocenters. The van der Waals surface area contributed by atoms with Crippen molar-refractivity contribution < 1.29 is 9.53 Å². The summed E-state index contributed by atoms with van der Waals surface area (Å²) in [5, 5.41) is 8.72. The van der Waals surface area contributed by atoms with Gasteiger partial charge in [-0.3, -0.25) is 14.3 Å². The molecule has 1 amide bonds. The minimum Gasteiger partial charge on any atom is -0.444 e. The molecule has 4 fully saturated rings. The summed E-state index contributed by atoms with van der Waals surface area (Å²) >= 11 is 0. The first-order valence-corrected chi connectivity index (χ1v) is 16.5. The first kappa shape index (κ1) is 29.7. The van der Waals surface area contributed by atoms with Crippen LogP contribution in [0.4, 0.5) is 16.3 Å². The van der Waals surface area contributed by atoms with Crippen LogP contribution >= 0.6 is 0 Å². The molecule has 3 aromatic rings. The lowest BCUT2D eigenvalue weighted by Gasteiger charge is -2.40. The van der Waals surface area contributed by atoms with Crippen molar-refractivity contribution in [3.63, 3.8) is 0 Å². The predicted octanol–water partition coefficient (Wildman–Crippen LogP) is 4.57. The molecule has 2 saturated heterocycles. The van der Waals surface area contributed by atoms with E-state index in [0.717, 1.165) is 50.5 Å². The topological polar surface area (TPSA) is 115 Å². The molecule has 3 aromatic heterocycles. The number of hydrogen-bond donors (Lipinski definition) is 0. The van der Waals surface area contributed by atoms with Crippen LogP contribution in [0.25, 0.3) is 11.4 Å². The van der Waals surface area contributed by atoms with E-state index in [1.807, 2.05) is 57.3 Å². The summed E-state index contributed by atoms with van der Waals surface area (Å²) in [6, 6.07) is 3.72. The van der Waals surface area contributed by atoms with Crippen molar-refractivity contribution in [2.75, 3.05) is 42.5 Å². The molecule has 0 N–H and O–H groups in total. The van der Waals surface area contributed by atoms with Crippen molar-refractivity contribution in [3.8, 4) is 11.4 Å². The Morgan fingerprint density at radius 1 is 1.11 bits per heavy atom. The highest BCUT2D eigenvalue weighted by atomic mass is 16.6. The van der Waals surface area contributed by atoms with E-state index in [-0.39, 0.29) is 23.9 Å². The number of amides is 1. The van der Waals surface area contributed by atoms with E-state index in [2.05, 4.69) is 25.1 Å². The van der Waals surface area contributed by atoms with Crippen LogP contribution in [-0.2, 0) is 4.74 Å². The largest absolute Gasteiger partial charge is 0.444 e. The maximum absolute atomic E-state index is 13.4. The highest BCUT2D eigenvalue weighted by molar-refractivity contribution is 5.69. The Hall–Kier alpha value is -3.96. The second-order valence-electron chi connectivity index (χ2n) is 14.6. The van der Waals surface area contributed by atoms with Crippen molar-refractivity contribution in [1.82, 2.24) is 34.4 Å². The molecule has 0 radical (unpaired) electrons. The second-order valence-corrected chi connectivity index (χ2v) is 14.6. The van der Waals surface area contributed by atoms with Gasteiger partial charge in [-0.05, 0) is 90.0 Å². The number of hydrogen-bond acceptors (Lipinski definition) is 9. The highest BCUT2D eigenvalue weighted by Crippen LogP contribution is 2.53. The average molecular weight is 616 g/mol. The third kappa shape index (κ3) is 6.55. The molecule has 5 heterocycles. The highest BCUT2D eigenvalue weighted by Gasteiger charge is 2.48. The molecule has 1 unspecified atom stereocenters. The number of anilines is 2. The van der Waals surface area contributed by atoms with Crippen molar-refractivity contribution in [2.45, 2.75) is 90.4 Å². The summed E-state index contributed by atoms with van der Waals surface area (Å²) in [7, 11) is 0. The third-order valence-electron chi connectivity index (χ3n) is 9.81. The summed E-state index contributed by atoms with van der Waals surface area (Å²) in [5.41, 5.74) is 2.01. The molecule has 0 bridgehead atoms. The van der Waals surface area contributed by atoms with E-state index >= 15 is 0 Å². The third-order valence-corrected chi connectivity index (χ3v) is 9.81. The fraction of sp³-hybridized carbons (Fsp3) is 0.636. The zero-order valence-electron chi connectivity index (χ0n) is 26.9. The van der Waals surface area contributed by atoms with Crippen LogP contribution in [0.3, 0.4) is 0 Å². The van der Waals surface area contributed by atoms with Gasteiger partial charge in [0.1, 0.15) is 29.0 Å². The van der Waals surface area contributed by atoms with Gasteiger partial charge in [-0.1, -0.05) is 5.21 Å². The first-order valence-electron chi connectivity index (χ1n) is 16.5. The fourth-order valence-electron chi connectivity index (χ4n) is 6.75. The van der Waals surface area contributed by atoms with Gasteiger partial charge in [0.2, 0.25) is 0 Å². The van der Waals surface area contributed by atoms with Gasteiger partial charge in [-0.25, -0.2) is 14.5 Å². The van der Waals surface area contributed by atoms with Gasteiger partial charge in [0.15, 0.2) is 0 Å². The molecule has 12 nitrogen and oxygen atoms in total. The molecule has 12 heteroatoms. The van der Waals surface area contributed by atoms with E-state index in [9.17, 15) is 9.59 Å². The van der Waals surface area contributed by atoms with Crippen LogP contribution in [-0.4, -0.2) is 84.9 Å². The van der Waals surface area contributed by atoms with Gasteiger partial charge < -0.3 is 19.4 Å². The number of pyridine rings is 1. The number of nitrogens with zero attached hydrogens (tertiary/aromatic N) is 9. The van der Waals surface area contributed by atoms with Crippen molar-refractivity contribution in [2.24, 2.45) is 11.3 Å². The SMILES string of the molecule is CC(n1cc(-c2cncc(N3CCC4(CC4)C3)n2)nn1)n1ccc(N2CCC[C@@H](N(CC3CC3)C(=O)OC(C)(C)C)C2)cc1=O. The normalized spacial score (nSPS) is 21.6. The number of ether oxygens (including phenoxy) is 1. The Labute approximate surface area is 264 Å². The molecule has 0 aromatic carbocycles. The van der Waals surface area contributed by atoms with Gasteiger partial charge in [-0.2, -0.15) is 0 Å². The van der Waals surface area contributed by atoms with Gasteiger partial charge in [0.05, 0.1) is 24.6 Å². The van der Waals surface area contributed by atoms with E-state index in [1.165, 1.54) is 32.1 Å². The summed E-state index contributed by atoms with van der Waals surface area (Å²) in [5.74, 6) is 1.44. The lowest BCUT2D eigenvalue weighted by molar-refractivity contribution is 0.0134. The minimum atomic E-state index is -0.538. The zero-order valence-corrected chi connectivity index (χ0v) is 26.9. The van der Waals surface area contributed by atoms with Gasteiger partial charge in [0.25, 0.3) is 5.56 Å². The Morgan fingerprint density at radius 3 is 2.64 bits per heavy atom. The van der Waals surface area contributed by atoms with Gasteiger partial charge in [0, 0.05) is 50.7 Å². The summed E-state index contributed by atoms with van der Waals surface area (Å²) in [6.45, 7) is 12.0. The molecule has 2 saturated carbocycles. The zero-order chi connectivity index (χ0) is 31.3. The fourth-order valence-corrected chi connectivity index (χ4v) is 6.75. The average Bonchev–Trinajstić information content (AvgIpc) is 3.89. The van der Waals surface area contributed by atoms with E-state index < -0.39 is 5.60 Å². The molecule has 7 rings (SSSR count). The first-order chi connectivity index (χ1) is 21.6. The van der Waals surface area contributed by atoms with Crippen molar-refractivity contribution >= 4 is 17.6 Å². The molecule has 4 aliphatic rings. The van der Waals surface area contributed by atoms with Crippen molar-refractivity contribution in [3.05, 3.63) is 47.3 Å². The number of carbonyl (C=O) groups excluding carboxylic acids is 1.